The molecule has 0 aromatic heterocycles. The van der Waals surface area contributed by atoms with Gasteiger partial charge in [-0.3, -0.25) is 4.72 Å². The fourth-order valence-electron chi connectivity index (χ4n) is 1.09. The molecule has 0 atom stereocenters. The van der Waals surface area contributed by atoms with Crippen LogP contribution in [0.4, 0.5) is 10.5 Å². The summed E-state index contributed by atoms with van der Waals surface area (Å²) in [6.07, 6.45) is -1.43. The first-order valence-electron chi connectivity index (χ1n) is 5.16. The van der Waals surface area contributed by atoms with E-state index in [0.29, 0.717) is 10.2 Å². The zero-order valence-corrected chi connectivity index (χ0v) is 14.7. The zero-order valence-electron chi connectivity index (χ0n) is 10.1. The SMILES string of the molecule is CC(C)OC(=O)NS(=O)(=O)Nc1ccc(I)cc1Br. The summed E-state index contributed by atoms with van der Waals surface area (Å²) >= 11 is 5.33. The Labute approximate surface area is 133 Å². The number of hydrogen-bond donors (Lipinski definition) is 2. The van der Waals surface area contributed by atoms with Gasteiger partial charge in [-0.05, 0) is 70.6 Å². The van der Waals surface area contributed by atoms with E-state index in [1.165, 1.54) is 0 Å². The standard InChI is InChI=1S/C10H12BrIN2O4S/c1-6(2)18-10(15)14-19(16,17)13-9-4-3-7(12)5-8(9)11/h3-6,13H,1-2H3,(H,14,15). The molecular formula is C10H12BrIN2O4S. The molecule has 0 aliphatic rings. The van der Waals surface area contributed by atoms with E-state index in [4.69, 9.17) is 4.74 Å². The Morgan fingerprint density at radius 2 is 2.05 bits per heavy atom. The molecule has 0 unspecified atom stereocenters. The van der Waals surface area contributed by atoms with E-state index in [9.17, 15) is 13.2 Å². The predicted molar refractivity (Wildman–Crippen MR) is 84.2 cm³/mol. The Balaban J connectivity index is 2.77. The van der Waals surface area contributed by atoms with Crippen molar-refractivity contribution in [3.8, 4) is 0 Å². The Bertz CT molecular complexity index is 577. The van der Waals surface area contributed by atoms with Crippen LogP contribution >= 0.6 is 38.5 Å². The van der Waals surface area contributed by atoms with Gasteiger partial charge < -0.3 is 4.74 Å². The summed E-state index contributed by atoms with van der Waals surface area (Å²) in [4.78, 5) is 11.2. The van der Waals surface area contributed by atoms with Crippen LogP contribution in [0.2, 0.25) is 0 Å². The monoisotopic (exact) mass is 462 g/mol. The number of carbonyl (C=O) groups is 1. The molecule has 0 spiro atoms. The highest BCUT2D eigenvalue weighted by Gasteiger charge is 2.17. The van der Waals surface area contributed by atoms with E-state index in [1.807, 2.05) is 0 Å². The van der Waals surface area contributed by atoms with E-state index in [-0.39, 0.29) is 0 Å². The van der Waals surface area contributed by atoms with Crippen molar-refractivity contribution < 1.29 is 17.9 Å². The number of hydrogen-bond acceptors (Lipinski definition) is 4. The number of amides is 1. The topological polar surface area (TPSA) is 84.5 Å². The van der Waals surface area contributed by atoms with Gasteiger partial charge in [0, 0.05) is 8.04 Å². The van der Waals surface area contributed by atoms with Crippen LogP contribution < -0.4 is 9.44 Å². The highest BCUT2D eigenvalue weighted by atomic mass is 127. The highest BCUT2D eigenvalue weighted by Crippen LogP contribution is 2.24. The van der Waals surface area contributed by atoms with Gasteiger partial charge in [-0.1, -0.05) is 0 Å². The molecule has 0 aliphatic heterocycles. The maximum Gasteiger partial charge on any atom is 0.422 e. The van der Waals surface area contributed by atoms with Crippen LogP contribution in [0, 0.1) is 3.57 Å². The first kappa shape index (κ1) is 16.5. The van der Waals surface area contributed by atoms with E-state index < -0.39 is 22.4 Å². The summed E-state index contributed by atoms with van der Waals surface area (Å²) in [5.74, 6) is 0. The molecule has 0 saturated heterocycles. The second-order valence-electron chi connectivity index (χ2n) is 3.79. The summed E-state index contributed by atoms with van der Waals surface area (Å²) < 4.78 is 33.6. The molecule has 0 heterocycles. The average molecular weight is 463 g/mol. The van der Waals surface area contributed by atoms with Crippen molar-refractivity contribution >= 4 is 60.5 Å². The molecule has 0 fully saturated rings. The van der Waals surface area contributed by atoms with Gasteiger partial charge in [-0.25, -0.2) is 9.52 Å². The molecule has 0 bridgehead atoms. The molecule has 6 nitrogen and oxygen atoms in total. The minimum absolute atomic E-state index is 0.324. The molecule has 2 N–H and O–H groups in total. The number of carbonyl (C=O) groups excluding carboxylic acids is 1. The van der Waals surface area contributed by atoms with Gasteiger partial charge in [0.25, 0.3) is 0 Å². The number of ether oxygens (including phenoxy) is 1. The predicted octanol–water partition coefficient (Wildman–Crippen LogP) is 2.85. The van der Waals surface area contributed by atoms with Gasteiger partial charge in [0.05, 0.1) is 11.8 Å². The maximum atomic E-state index is 11.7. The smallest absolute Gasteiger partial charge is 0.422 e. The summed E-state index contributed by atoms with van der Waals surface area (Å²) in [6, 6.07) is 5.05. The third-order valence-corrected chi connectivity index (χ3v) is 3.99. The number of nitrogens with one attached hydrogen (secondary N) is 2. The Morgan fingerprint density at radius 3 is 2.58 bits per heavy atom. The van der Waals surface area contributed by atoms with Crippen molar-refractivity contribution in [1.82, 2.24) is 4.72 Å². The summed E-state index contributed by atoms with van der Waals surface area (Å²) in [5.41, 5.74) is 0.324. The van der Waals surface area contributed by atoms with Gasteiger partial charge in [0.1, 0.15) is 0 Å². The number of halogens is 2. The fourth-order valence-corrected chi connectivity index (χ4v) is 3.40. The van der Waals surface area contributed by atoms with Crippen molar-refractivity contribution in [3.63, 3.8) is 0 Å². The van der Waals surface area contributed by atoms with Crippen molar-refractivity contribution in [2.24, 2.45) is 0 Å². The zero-order chi connectivity index (χ0) is 14.6. The average Bonchev–Trinajstić information content (AvgIpc) is 2.19. The first-order valence-corrected chi connectivity index (χ1v) is 8.51. The molecule has 9 heteroatoms. The largest absolute Gasteiger partial charge is 0.446 e. The minimum Gasteiger partial charge on any atom is -0.446 e. The molecule has 1 rings (SSSR count). The van der Waals surface area contributed by atoms with Crippen LogP contribution in [-0.2, 0) is 14.9 Å². The van der Waals surface area contributed by atoms with Crippen LogP contribution in [-0.4, -0.2) is 20.6 Å². The van der Waals surface area contributed by atoms with Crippen molar-refractivity contribution in [2.45, 2.75) is 20.0 Å². The highest BCUT2D eigenvalue weighted by molar-refractivity contribution is 14.1. The molecular weight excluding hydrogens is 451 g/mol. The lowest BCUT2D eigenvalue weighted by Crippen LogP contribution is -2.36. The van der Waals surface area contributed by atoms with E-state index >= 15 is 0 Å². The molecule has 1 amide bonds. The summed E-state index contributed by atoms with van der Waals surface area (Å²) in [6.45, 7) is 3.24. The third kappa shape index (κ3) is 5.95. The normalized spacial score (nSPS) is 11.2. The van der Waals surface area contributed by atoms with Crippen LogP contribution in [0.1, 0.15) is 13.8 Å². The van der Waals surface area contributed by atoms with Gasteiger partial charge in [-0.2, -0.15) is 8.42 Å². The number of rotatable bonds is 4. The number of benzene rings is 1. The Morgan fingerprint density at radius 1 is 1.42 bits per heavy atom. The van der Waals surface area contributed by atoms with Crippen LogP contribution in [0.25, 0.3) is 0 Å². The van der Waals surface area contributed by atoms with Crippen LogP contribution in [0.3, 0.4) is 0 Å². The molecule has 0 saturated carbocycles. The van der Waals surface area contributed by atoms with Crippen molar-refractivity contribution in [3.05, 3.63) is 26.2 Å². The van der Waals surface area contributed by atoms with Crippen LogP contribution in [0.15, 0.2) is 22.7 Å². The van der Waals surface area contributed by atoms with Crippen LogP contribution in [0.5, 0.6) is 0 Å². The molecule has 0 aliphatic carbocycles. The molecule has 1 aromatic carbocycles. The first-order chi connectivity index (χ1) is 8.69. The quantitative estimate of drug-likeness (QED) is 0.674. The minimum atomic E-state index is -4.02. The van der Waals surface area contributed by atoms with Crippen molar-refractivity contribution in [1.29, 1.82) is 0 Å². The lowest BCUT2D eigenvalue weighted by Gasteiger charge is -2.12. The van der Waals surface area contributed by atoms with Gasteiger partial charge in [-0.15, -0.1) is 0 Å². The van der Waals surface area contributed by atoms with E-state index in [1.54, 1.807) is 36.8 Å². The van der Waals surface area contributed by atoms with Gasteiger partial charge in [0.2, 0.25) is 0 Å². The second kappa shape index (κ2) is 6.75. The summed E-state index contributed by atoms with van der Waals surface area (Å²) in [7, 11) is -4.02. The van der Waals surface area contributed by atoms with Crippen molar-refractivity contribution in [2.75, 3.05) is 4.72 Å². The fraction of sp³-hybridized carbons (Fsp3) is 0.300. The Kier molecular flexibility index (Phi) is 5.86. The van der Waals surface area contributed by atoms with E-state index in [0.717, 1.165) is 3.57 Å². The third-order valence-electron chi connectivity index (χ3n) is 1.74. The lowest BCUT2D eigenvalue weighted by molar-refractivity contribution is 0.121. The Hall–Kier alpha value is -0.550. The van der Waals surface area contributed by atoms with E-state index in [2.05, 4.69) is 43.2 Å². The molecule has 106 valence electrons. The summed E-state index contributed by atoms with van der Waals surface area (Å²) in [5, 5.41) is 0. The molecule has 0 radical (unpaired) electrons. The molecule has 19 heavy (non-hydrogen) atoms. The second-order valence-corrected chi connectivity index (χ2v) is 7.30. The maximum absolute atomic E-state index is 11.7. The number of anilines is 1. The van der Waals surface area contributed by atoms with Gasteiger partial charge >= 0.3 is 16.3 Å². The molecule has 1 aromatic rings. The van der Waals surface area contributed by atoms with Gasteiger partial charge in [0.15, 0.2) is 0 Å². The lowest BCUT2D eigenvalue weighted by atomic mass is 10.3.